The minimum Gasteiger partial charge on any atom is -0.495 e. The molecule has 5 nitrogen and oxygen atoms in total. The van der Waals surface area contributed by atoms with Crippen LogP contribution in [0.25, 0.3) is 11.6 Å². The number of ether oxygens (including phenoxy) is 1. The highest BCUT2D eigenvalue weighted by atomic mass is 16.5. The molecule has 2 aromatic carbocycles. The molecule has 3 N–H and O–H groups in total. The highest BCUT2D eigenvalue weighted by Gasteiger charge is 2.26. The molecule has 0 saturated heterocycles. The largest absolute Gasteiger partial charge is 0.495 e. The Morgan fingerprint density at radius 2 is 1.97 bits per heavy atom. The number of methoxy groups -OCH3 is 1. The number of rotatable bonds is 5. The van der Waals surface area contributed by atoms with E-state index in [1.807, 2.05) is 42.5 Å². The fourth-order valence-electron chi connectivity index (χ4n) is 3.30. The number of H-pyrrole nitrogens is 1. The number of amides is 1. The van der Waals surface area contributed by atoms with Gasteiger partial charge in [0.1, 0.15) is 5.75 Å². The molecule has 5 heteroatoms. The van der Waals surface area contributed by atoms with E-state index < -0.39 is 0 Å². The quantitative estimate of drug-likeness (QED) is 0.358. The van der Waals surface area contributed by atoms with Crippen LogP contribution in [0.2, 0.25) is 0 Å². The SMILES string of the molecule is COc1cc[nH]c1C=C1C(=O)Nc2cccc(C#CCNCc3ccccc3)c21. The van der Waals surface area contributed by atoms with Crippen molar-refractivity contribution in [2.24, 2.45) is 0 Å². The molecule has 0 radical (unpaired) electrons. The van der Waals surface area contributed by atoms with Crippen LogP contribution in [0.1, 0.15) is 22.4 Å². The van der Waals surface area contributed by atoms with Gasteiger partial charge in [-0.2, -0.15) is 0 Å². The molecular formula is C24H21N3O2. The first kappa shape index (κ1) is 18.6. The Morgan fingerprint density at radius 1 is 1.10 bits per heavy atom. The molecule has 1 amide bonds. The van der Waals surface area contributed by atoms with E-state index in [0.29, 0.717) is 17.9 Å². The van der Waals surface area contributed by atoms with Crippen LogP contribution >= 0.6 is 0 Å². The highest BCUT2D eigenvalue weighted by molar-refractivity contribution is 6.35. The van der Waals surface area contributed by atoms with Crippen LogP contribution < -0.4 is 15.4 Å². The van der Waals surface area contributed by atoms with Gasteiger partial charge in [0.25, 0.3) is 5.91 Å². The molecule has 0 aliphatic carbocycles. The summed E-state index contributed by atoms with van der Waals surface area (Å²) in [4.78, 5) is 15.7. The third kappa shape index (κ3) is 4.08. The van der Waals surface area contributed by atoms with Crippen LogP contribution in [0.5, 0.6) is 5.75 Å². The van der Waals surface area contributed by atoms with Crippen LogP contribution in [-0.2, 0) is 11.3 Å². The van der Waals surface area contributed by atoms with Crippen molar-refractivity contribution >= 4 is 23.2 Å². The maximum atomic E-state index is 12.5. The van der Waals surface area contributed by atoms with Gasteiger partial charge in [-0.1, -0.05) is 48.2 Å². The van der Waals surface area contributed by atoms with E-state index in [-0.39, 0.29) is 5.91 Å². The van der Waals surface area contributed by atoms with Gasteiger partial charge in [-0.05, 0) is 29.8 Å². The topological polar surface area (TPSA) is 66.2 Å². The van der Waals surface area contributed by atoms with Crippen LogP contribution in [0.15, 0.2) is 60.8 Å². The van der Waals surface area contributed by atoms with Gasteiger partial charge in [0, 0.05) is 23.9 Å². The van der Waals surface area contributed by atoms with E-state index in [1.54, 1.807) is 19.4 Å². The molecule has 1 aromatic heterocycles. The van der Waals surface area contributed by atoms with E-state index in [2.05, 4.69) is 39.6 Å². The number of fused-ring (bicyclic) bond motifs is 1. The number of hydrogen-bond donors (Lipinski definition) is 3. The average molecular weight is 383 g/mol. The summed E-state index contributed by atoms with van der Waals surface area (Å²) in [5.74, 6) is 6.90. The lowest BCUT2D eigenvalue weighted by Crippen LogP contribution is -2.12. The number of hydrogen-bond acceptors (Lipinski definition) is 3. The molecule has 0 bridgehead atoms. The van der Waals surface area contributed by atoms with Crippen LogP contribution in [0.4, 0.5) is 5.69 Å². The van der Waals surface area contributed by atoms with E-state index in [1.165, 1.54) is 5.56 Å². The molecule has 1 aliphatic heterocycles. The van der Waals surface area contributed by atoms with Gasteiger partial charge in [-0.3, -0.25) is 4.79 Å². The molecule has 0 atom stereocenters. The van der Waals surface area contributed by atoms with Crippen molar-refractivity contribution in [1.82, 2.24) is 10.3 Å². The van der Waals surface area contributed by atoms with Crippen molar-refractivity contribution in [3.05, 3.63) is 83.2 Å². The Hall–Kier alpha value is -3.75. The average Bonchev–Trinajstić information content (AvgIpc) is 3.33. The number of carbonyl (C=O) groups is 1. The third-order valence-corrected chi connectivity index (χ3v) is 4.68. The number of aromatic amines is 1. The number of aromatic nitrogens is 1. The number of anilines is 1. The summed E-state index contributed by atoms with van der Waals surface area (Å²) >= 11 is 0. The first-order valence-corrected chi connectivity index (χ1v) is 9.37. The molecule has 2 heterocycles. The van der Waals surface area contributed by atoms with E-state index >= 15 is 0 Å². The van der Waals surface area contributed by atoms with Gasteiger partial charge < -0.3 is 20.4 Å². The van der Waals surface area contributed by atoms with Crippen LogP contribution in [0.3, 0.4) is 0 Å². The summed E-state index contributed by atoms with van der Waals surface area (Å²) in [5, 5.41) is 6.23. The number of carbonyl (C=O) groups excluding carboxylic acids is 1. The lowest BCUT2D eigenvalue weighted by atomic mass is 9.99. The van der Waals surface area contributed by atoms with E-state index in [0.717, 1.165) is 29.1 Å². The molecular weight excluding hydrogens is 362 g/mol. The van der Waals surface area contributed by atoms with E-state index in [9.17, 15) is 4.79 Å². The van der Waals surface area contributed by atoms with Crippen molar-refractivity contribution in [1.29, 1.82) is 0 Å². The van der Waals surface area contributed by atoms with E-state index in [4.69, 9.17) is 4.74 Å². The summed E-state index contributed by atoms with van der Waals surface area (Å²) in [5.41, 5.74) is 4.95. The van der Waals surface area contributed by atoms with Crippen molar-refractivity contribution < 1.29 is 9.53 Å². The molecule has 0 spiro atoms. The molecule has 29 heavy (non-hydrogen) atoms. The zero-order chi connectivity index (χ0) is 20.1. The van der Waals surface area contributed by atoms with Gasteiger partial charge in [0.2, 0.25) is 0 Å². The maximum absolute atomic E-state index is 12.5. The summed E-state index contributed by atoms with van der Waals surface area (Å²) in [7, 11) is 1.60. The first-order chi connectivity index (χ1) is 14.3. The molecule has 1 aliphatic rings. The fourth-order valence-corrected chi connectivity index (χ4v) is 3.30. The van der Waals surface area contributed by atoms with Crippen molar-refractivity contribution in [3.8, 4) is 17.6 Å². The molecule has 0 unspecified atom stereocenters. The third-order valence-electron chi connectivity index (χ3n) is 4.68. The highest BCUT2D eigenvalue weighted by Crippen LogP contribution is 2.36. The summed E-state index contributed by atoms with van der Waals surface area (Å²) < 4.78 is 5.33. The van der Waals surface area contributed by atoms with Crippen LogP contribution in [0, 0.1) is 11.8 Å². The van der Waals surface area contributed by atoms with Crippen LogP contribution in [-0.4, -0.2) is 24.5 Å². The second kappa shape index (κ2) is 8.51. The summed E-state index contributed by atoms with van der Waals surface area (Å²) in [6.45, 7) is 1.32. The van der Waals surface area contributed by atoms with Gasteiger partial charge in [-0.15, -0.1) is 0 Å². The monoisotopic (exact) mass is 383 g/mol. The lowest BCUT2D eigenvalue weighted by Gasteiger charge is -2.03. The zero-order valence-corrected chi connectivity index (χ0v) is 16.1. The van der Waals surface area contributed by atoms with Gasteiger partial charge >= 0.3 is 0 Å². The smallest absolute Gasteiger partial charge is 0.256 e. The van der Waals surface area contributed by atoms with Gasteiger partial charge in [0.15, 0.2) is 0 Å². The van der Waals surface area contributed by atoms with Crippen molar-refractivity contribution in [2.45, 2.75) is 6.54 Å². The van der Waals surface area contributed by atoms with Gasteiger partial charge in [0.05, 0.1) is 30.6 Å². The fraction of sp³-hybridized carbons (Fsp3) is 0.125. The minimum atomic E-state index is -0.145. The Balaban J connectivity index is 1.55. The molecule has 0 fully saturated rings. The van der Waals surface area contributed by atoms with Crippen molar-refractivity contribution in [2.75, 3.05) is 19.0 Å². The number of benzene rings is 2. The zero-order valence-electron chi connectivity index (χ0n) is 16.1. The van der Waals surface area contributed by atoms with Crippen molar-refractivity contribution in [3.63, 3.8) is 0 Å². The summed E-state index contributed by atoms with van der Waals surface area (Å²) in [6, 6.07) is 17.7. The Bertz CT molecular complexity index is 1120. The number of nitrogens with one attached hydrogen (secondary N) is 3. The standard InChI is InChI=1S/C24H21N3O2/c1-29-22-12-14-26-21(22)15-19-23-18(9-5-11-20(23)27-24(19)28)10-6-13-25-16-17-7-3-2-4-8-17/h2-5,7-9,11-12,14-15,25-26H,13,16H2,1H3,(H,27,28). The first-order valence-electron chi connectivity index (χ1n) is 9.37. The Labute approximate surface area is 169 Å². The minimum absolute atomic E-state index is 0.145. The molecule has 0 saturated carbocycles. The molecule has 3 aromatic rings. The lowest BCUT2D eigenvalue weighted by molar-refractivity contribution is -0.110. The second-order valence-corrected chi connectivity index (χ2v) is 6.59. The normalized spacial score (nSPS) is 13.6. The Morgan fingerprint density at radius 3 is 2.79 bits per heavy atom. The second-order valence-electron chi connectivity index (χ2n) is 6.59. The van der Waals surface area contributed by atoms with Gasteiger partial charge in [-0.25, -0.2) is 0 Å². The molecule has 4 rings (SSSR count). The Kier molecular flexibility index (Phi) is 5.46. The predicted octanol–water partition coefficient (Wildman–Crippen LogP) is 3.66. The maximum Gasteiger partial charge on any atom is 0.256 e. The summed E-state index contributed by atoms with van der Waals surface area (Å²) in [6.07, 6.45) is 3.59. The molecule has 144 valence electrons. The predicted molar refractivity (Wildman–Crippen MR) is 115 cm³/mol.